The van der Waals surface area contributed by atoms with E-state index in [0.717, 1.165) is 53.3 Å². The van der Waals surface area contributed by atoms with E-state index in [1.165, 1.54) is 11.1 Å². The van der Waals surface area contributed by atoms with Crippen molar-refractivity contribution in [3.05, 3.63) is 101 Å². The highest BCUT2D eigenvalue weighted by atomic mass is 16.3. The maximum absolute atomic E-state index is 6.21. The van der Waals surface area contributed by atoms with Crippen molar-refractivity contribution in [2.45, 2.75) is 26.7 Å². The molecule has 0 aliphatic carbocycles. The summed E-state index contributed by atoms with van der Waals surface area (Å²) in [5.74, 6) is 2.14. The molecule has 156 valence electrons. The minimum atomic E-state index is 0.415. The number of hydrogen-bond acceptors (Lipinski definition) is 3. The van der Waals surface area contributed by atoms with Gasteiger partial charge in [-0.15, -0.1) is 0 Å². The number of hydrazine groups is 1. The minimum Gasteiger partial charge on any atom is -0.454 e. The molecule has 2 aliphatic rings. The molecule has 0 amide bonds. The molecule has 0 saturated carbocycles. The van der Waals surface area contributed by atoms with Crippen LogP contribution in [0.3, 0.4) is 0 Å². The molecule has 1 N–H and O–H groups in total. The van der Waals surface area contributed by atoms with E-state index in [9.17, 15) is 0 Å². The van der Waals surface area contributed by atoms with Gasteiger partial charge in [0.15, 0.2) is 5.76 Å². The molecule has 5 rings (SSSR count). The number of furan rings is 1. The molecule has 0 fully saturated rings. The molecule has 0 saturated heterocycles. The summed E-state index contributed by atoms with van der Waals surface area (Å²) in [7, 11) is 0. The summed E-state index contributed by atoms with van der Waals surface area (Å²) in [6.45, 7) is 5.13. The number of amidine groups is 1. The molecule has 2 aliphatic heterocycles. The Bertz CT molecular complexity index is 1200. The zero-order chi connectivity index (χ0) is 21.2. The summed E-state index contributed by atoms with van der Waals surface area (Å²) >= 11 is 0. The van der Waals surface area contributed by atoms with Gasteiger partial charge in [0.25, 0.3) is 0 Å². The molecule has 4 nitrogen and oxygen atoms in total. The Balaban J connectivity index is 1.41. The van der Waals surface area contributed by atoms with E-state index < -0.39 is 0 Å². The lowest BCUT2D eigenvalue weighted by Gasteiger charge is -2.31. The summed E-state index contributed by atoms with van der Waals surface area (Å²) in [6, 6.07) is 18.8. The average Bonchev–Trinajstić information content (AvgIpc) is 3.14. The number of hydrogen-bond donors (Lipinski definition) is 1. The van der Waals surface area contributed by atoms with E-state index in [0.29, 0.717) is 5.92 Å². The van der Waals surface area contributed by atoms with Gasteiger partial charge in [0, 0.05) is 11.9 Å². The van der Waals surface area contributed by atoms with Gasteiger partial charge in [-0.3, -0.25) is 15.4 Å². The topological polar surface area (TPSA) is 40.8 Å². The smallest absolute Gasteiger partial charge is 0.153 e. The fourth-order valence-electron chi connectivity index (χ4n) is 4.11. The summed E-state index contributed by atoms with van der Waals surface area (Å²) < 4.78 is 6.21. The van der Waals surface area contributed by atoms with Gasteiger partial charge < -0.3 is 4.42 Å². The van der Waals surface area contributed by atoms with Crippen LogP contribution in [0.4, 0.5) is 0 Å². The van der Waals surface area contributed by atoms with Crippen LogP contribution in [0.2, 0.25) is 0 Å². The zero-order valence-corrected chi connectivity index (χ0v) is 18.0. The first-order chi connectivity index (χ1) is 15.2. The maximum Gasteiger partial charge on any atom is 0.153 e. The van der Waals surface area contributed by atoms with Gasteiger partial charge in [0.1, 0.15) is 17.1 Å². The van der Waals surface area contributed by atoms with Crippen molar-refractivity contribution in [2.24, 2.45) is 10.9 Å². The molecule has 1 atom stereocenters. The molecule has 1 unspecified atom stereocenters. The number of nitrogens with zero attached hydrogens (tertiary/aromatic N) is 2. The number of fused-ring (bicyclic) bond motifs is 2. The first kappa shape index (κ1) is 19.4. The number of aryl methyl sites for hydroxylation is 1. The second-order valence-corrected chi connectivity index (χ2v) is 8.27. The Morgan fingerprint density at radius 3 is 2.81 bits per heavy atom. The second-order valence-electron chi connectivity index (χ2n) is 8.27. The fraction of sp³-hybridized carbons (Fsp3) is 0.222. The zero-order valence-electron chi connectivity index (χ0n) is 18.0. The molecule has 4 heteroatoms. The third-order valence-corrected chi connectivity index (χ3v) is 5.88. The van der Waals surface area contributed by atoms with Gasteiger partial charge in [-0.25, -0.2) is 0 Å². The quantitative estimate of drug-likeness (QED) is 0.572. The average molecular weight is 410 g/mol. The van der Waals surface area contributed by atoms with Crippen LogP contribution in [0.5, 0.6) is 0 Å². The van der Waals surface area contributed by atoms with Gasteiger partial charge in [0.2, 0.25) is 0 Å². The lowest BCUT2D eigenvalue weighted by Crippen LogP contribution is -2.41. The lowest BCUT2D eigenvalue weighted by molar-refractivity contribution is 0.431. The van der Waals surface area contributed by atoms with Gasteiger partial charge >= 0.3 is 0 Å². The van der Waals surface area contributed by atoms with Crippen LogP contribution in [-0.4, -0.2) is 17.4 Å². The summed E-state index contributed by atoms with van der Waals surface area (Å²) in [6.07, 6.45) is 10.7. The normalized spacial score (nSPS) is 19.6. The number of para-hydroxylation sites is 1. The van der Waals surface area contributed by atoms with Crippen molar-refractivity contribution in [3.63, 3.8) is 0 Å². The van der Waals surface area contributed by atoms with Gasteiger partial charge in [-0.1, -0.05) is 61.5 Å². The Kier molecular flexibility index (Phi) is 5.21. The third-order valence-electron chi connectivity index (χ3n) is 5.88. The largest absolute Gasteiger partial charge is 0.454 e. The lowest BCUT2D eigenvalue weighted by atomic mass is 10.1. The molecule has 0 radical (unpaired) electrons. The van der Waals surface area contributed by atoms with Crippen LogP contribution in [0.15, 0.2) is 94.0 Å². The predicted molar refractivity (Wildman–Crippen MR) is 127 cm³/mol. The minimum absolute atomic E-state index is 0.415. The van der Waals surface area contributed by atoms with E-state index in [-0.39, 0.29) is 0 Å². The molecule has 0 bridgehead atoms. The number of rotatable bonds is 4. The Hall–Kier alpha value is -3.53. The molecule has 0 spiro atoms. The van der Waals surface area contributed by atoms with Crippen molar-refractivity contribution in [3.8, 4) is 0 Å². The van der Waals surface area contributed by atoms with E-state index in [1.807, 2.05) is 18.2 Å². The fourth-order valence-corrected chi connectivity index (χ4v) is 4.11. The first-order valence-electron chi connectivity index (χ1n) is 10.9. The van der Waals surface area contributed by atoms with Gasteiger partial charge in [0.05, 0.1) is 5.70 Å². The van der Waals surface area contributed by atoms with E-state index >= 15 is 0 Å². The summed E-state index contributed by atoms with van der Waals surface area (Å²) in [4.78, 5) is 4.82. The molecule has 3 heterocycles. The highest BCUT2D eigenvalue weighted by molar-refractivity contribution is 5.95. The highest BCUT2D eigenvalue weighted by Crippen LogP contribution is 2.33. The maximum atomic E-state index is 6.21. The van der Waals surface area contributed by atoms with Crippen LogP contribution < -0.4 is 5.43 Å². The highest BCUT2D eigenvalue weighted by Gasteiger charge is 2.25. The number of allylic oxidation sites excluding steroid dienone is 3. The third kappa shape index (κ3) is 4.06. The van der Waals surface area contributed by atoms with Gasteiger partial charge in [-0.2, -0.15) is 0 Å². The van der Waals surface area contributed by atoms with Crippen LogP contribution in [0.1, 0.15) is 30.2 Å². The van der Waals surface area contributed by atoms with E-state index in [4.69, 9.17) is 9.41 Å². The predicted octanol–water partition coefficient (Wildman–Crippen LogP) is 6.02. The number of nitrogens with one attached hydrogen (secondary N) is 1. The van der Waals surface area contributed by atoms with E-state index in [1.54, 1.807) is 0 Å². The number of benzene rings is 2. The number of aliphatic imine (C=N–C) groups is 1. The van der Waals surface area contributed by atoms with Crippen molar-refractivity contribution in [1.82, 2.24) is 10.4 Å². The van der Waals surface area contributed by atoms with E-state index in [2.05, 4.69) is 85.0 Å². The molecule has 31 heavy (non-hydrogen) atoms. The summed E-state index contributed by atoms with van der Waals surface area (Å²) in [5.41, 5.74) is 9.23. The van der Waals surface area contributed by atoms with Crippen LogP contribution in [0, 0.1) is 12.8 Å². The SMILES string of the molecule is Cc1ccccc1CCN=C1C=CC2=CCC(C)C=C(c3cc4ccccc4o3)N2N1. The Morgan fingerprint density at radius 2 is 1.94 bits per heavy atom. The van der Waals surface area contributed by atoms with Crippen LogP contribution in [-0.2, 0) is 6.42 Å². The molecular weight excluding hydrogens is 382 g/mol. The Labute approximate surface area is 183 Å². The molecule has 3 aromatic rings. The first-order valence-corrected chi connectivity index (χ1v) is 10.9. The summed E-state index contributed by atoms with van der Waals surface area (Å²) in [5, 5.41) is 3.22. The standard InChI is InChI=1S/C27H27N3O/c1-19-11-12-23-13-14-27(28-16-15-21-8-4-3-7-20(21)2)29-30(23)24(17-19)26-18-22-9-5-6-10-25(22)31-26/h3-10,12-14,17-19H,11,15-16H2,1-2H3,(H,28,29). The van der Waals surface area contributed by atoms with Crippen molar-refractivity contribution in [2.75, 3.05) is 6.54 Å². The van der Waals surface area contributed by atoms with Gasteiger partial charge in [-0.05, 0) is 61.1 Å². The van der Waals surface area contributed by atoms with Crippen molar-refractivity contribution in [1.29, 1.82) is 0 Å². The van der Waals surface area contributed by atoms with Crippen LogP contribution in [0.25, 0.3) is 16.7 Å². The van der Waals surface area contributed by atoms with Crippen molar-refractivity contribution >= 4 is 22.5 Å². The monoisotopic (exact) mass is 409 g/mol. The van der Waals surface area contributed by atoms with Crippen molar-refractivity contribution < 1.29 is 4.42 Å². The molecule has 2 aromatic carbocycles. The molecule has 1 aromatic heterocycles. The van der Waals surface area contributed by atoms with Crippen LogP contribution >= 0.6 is 0 Å². The molecular formula is C27H27N3O. The second kappa shape index (κ2) is 8.31. The Morgan fingerprint density at radius 1 is 1.10 bits per heavy atom.